The molecule has 2 nitrogen and oxygen atoms in total. The molecular weight excluding hydrogens is 126 g/mol. The van der Waals surface area contributed by atoms with Gasteiger partial charge in [-0.05, 0) is 32.7 Å². The number of β-amino-alcohol motifs (C(OH)–C–C–N with tert-alkyl or cyclic N) is 1. The highest BCUT2D eigenvalue weighted by atomic mass is 16.3. The van der Waals surface area contributed by atoms with Crippen LogP contribution in [0.5, 0.6) is 0 Å². The molecular formula is C8H15NO. The van der Waals surface area contributed by atoms with Crippen LogP contribution in [0.1, 0.15) is 25.7 Å². The van der Waals surface area contributed by atoms with Crippen LogP contribution in [0.15, 0.2) is 0 Å². The molecule has 0 unspecified atom stereocenters. The van der Waals surface area contributed by atoms with E-state index in [9.17, 15) is 5.11 Å². The summed E-state index contributed by atoms with van der Waals surface area (Å²) < 4.78 is 0. The van der Waals surface area contributed by atoms with Crippen molar-refractivity contribution in [3.05, 3.63) is 0 Å². The number of likely N-dealkylation sites (tertiary alicyclic amines) is 1. The normalized spacial score (nSPS) is 38.4. The Bertz CT molecular complexity index is 142. The van der Waals surface area contributed by atoms with Crippen molar-refractivity contribution in [3.8, 4) is 0 Å². The predicted molar refractivity (Wildman–Crippen MR) is 39.8 cm³/mol. The molecule has 1 heterocycles. The Labute approximate surface area is 61.8 Å². The fourth-order valence-electron chi connectivity index (χ4n) is 2.00. The molecule has 2 heteroatoms. The van der Waals surface area contributed by atoms with Crippen LogP contribution in [0.4, 0.5) is 0 Å². The van der Waals surface area contributed by atoms with Crippen LogP contribution in [0.3, 0.4) is 0 Å². The smallest absolute Gasteiger partial charge is 0.0667 e. The molecule has 2 fully saturated rings. The second-order valence-corrected chi connectivity index (χ2v) is 3.80. The molecule has 1 saturated heterocycles. The van der Waals surface area contributed by atoms with Crippen molar-refractivity contribution in [1.29, 1.82) is 0 Å². The zero-order valence-electron chi connectivity index (χ0n) is 6.51. The molecule has 1 atom stereocenters. The van der Waals surface area contributed by atoms with E-state index in [0.29, 0.717) is 5.54 Å². The molecule has 0 amide bonds. The van der Waals surface area contributed by atoms with Crippen molar-refractivity contribution in [2.75, 3.05) is 13.6 Å². The van der Waals surface area contributed by atoms with Gasteiger partial charge in [-0.2, -0.15) is 0 Å². The number of nitrogens with zero attached hydrogens (tertiary/aromatic N) is 1. The number of rotatable bonds is 0. The van der Waals surface area contributed by atoms with Crippen molar-refractivity contribution < 1.29 is 5.11 Å². The standard InChI is InChI=1S/C8H15NO/c1-9-6-7(10)2-3-8(9)4-5-8/h7,10H,2-6H2,1H3/t7-/m0/s1. The first-order chi connectivity index (χ1) is 4.73. The SMILES string of the molecule is CN1C[C@@H](O)CCC12CC2. The Morgan fingerprint density at radius 3 is 2.60 bits per heavy atom. The molecule has 1 saturated carbocycles. The first-order valence-corrected chi connectivity index (χ1v) is 4.12. The summed E-state index contributed by atoms with van der Waals surface area (Å²) in [6.45, 7) is 0.889. The first-order valence-electron chi connectivity index (χ1n) is 4.12. The minimum absolute atomic E-state index is 0.0591. The van der Waals surface area contributed by atoms with Crippen LogP contribution in [0.2, 0.25) is 0 Å². The maximum atomic E-state index is 9.30. The van der Waals surface area contributed by atoms with Gasteiger partial charge in [0.15, 0.2) is 0 Å². The molecule has 10 heavy (non-hydrogen) atoms. The molecule has 58 valence electrons. The number of aliphatic hydroxyl groups is 1. The van der Waals surface area contributed by atoms with Crippen molar-refractivity contribution in [2.24, 2.45) is 0 Å². The van der Waals surface area contributed by atoms with E-state index >= 15 is 0 Å². The summed E-state index contributed by atoms with van der Waals surface area (Å²) >= 11 is 0. The molecule has 2 aliphatic rings. The number of aliphatic hydroxyl groups excluding tert-OH is 1. The molecule has 0 bridgehead atoms. The van der Waals surface area contributed by atoms with E-state index in [0.717, 1.165) is 13.0 Å². The zero-order chi connectivity index (χ0) is 7.19. The Kier molecular flexibility index (Phi) is 1.29. The molecule has 0 aromatic heterocycles. The fraction of sp³-hybridized carbons (Fsp3) is 1.00. The molecule has 0 aromatic rings. The van der Waals surface area contributed by atoms with E-state index in [1.165, 1.54) is 19.3 Å². The van der Waals surface area contributed by atoms with Crippen molar-refractivity contribution in [3.63, 3.8) is 0 Å². The highest BCUT2D eigenvalue weighted by Gasteiger charge is 2.48. The number of piperidine rings is 1. The fourth-order valence-corrected chi connectivity index (χ4v) is 2.00. The van der Waals surface area contributed by atoms with Gasteiger partial charge < -0.3 is 5.11 Å². The average molecular weight is 141 g/mol. The minimum Gasteiger partial charge on any atom is -0.392 e. The van der Waals surface area contributed by atoms with E-state index in [1.54, 1.807) is 0 Å². The summed E-state index contributed by atoms with van der Waals surface area (Å²) in [5.41, 5.74) is 0.541. The van der Waals surface area contributed by atoms with E-state index in [4.69, 9.17) is 0 Å². The lowest BCUT2D eigenvalue weighted by Crippen LogP contribution is -2.44. The van der Waals surface area contributed by atoms with E-state index in [-0.39, 0.29) is 6.10 Å². The lowest BCUT2D eigenvalue weighted by Gasteiger charge is -2.35. The first kappa shape index (κ1) is 6.62. The largest absolute Gasteiger partial charge is 0.392 e. The number of hydrogen-bond donors (Lipinski definition) is 1. The maximum absolute atomic E-state index is 9.30. The number of hydrogen-bond acceptors (Lipinski definition) is 2. The number of likely N-dealkylation sites (N-methyl/N-ethyl adjacent to an activating group) is 1. The molecule has 1 aliphatic carbocycles. The summed E-state index contributed by atoms with van der Waals surface area (Å²) in [6, 6.07) is 0. The van der Waals surface area contributed by atoms with Gasteiger partial charge in [0.05, 0.1) is 6.10 Å². The average Bonchev–Trinajstić information content (AvgIpc) is 2.62. The van der Waals surface area contributed by atoms with Gasteiger partial charge in [0.1, 0.15) is 0 Å². The van der Waals surface area contributed by atoms with Gasteiger partial charge >= 0.3 is 0 Å². The lowest BCUT2D eigenvalue weighted by molar-refractivity contribution is 0.0411. The molecule has 2 rings (SSSR count). The van der Waals surface area contributed by atoms with E-state index < -0.39 is 0 Å². The third-order valence-electron chi connectivity index (χ3n) is 3.06. The van der Waals surface area contributed by atoms with Gasteiger partial charge in [-0.15, -0.1) is 0 Å². The van der Waals surface area contributed by atoms with Crippen LogP contribution < -0.4 is 0 Å². The van der Waals surface area contributed by atoms with Crippen molar-refractivity contribution >= 4 is 0 Å². The van der Waals surface area contributed by atoms with E-state index in [2.05, 4.69) is 11.9 Å². The molecule has 0 aromatic carbocycles. The quantitative estimate of drug-likeness (QED) is 0.534. The zero-order valence-corrected chi connectivity index (χ0v) is 6.51. The predicted octanol–water partition coefficient (Wildman–Crippen LogP) is 0.605. The van der Waals surface area contributed by atoms with E-state index in [1.807, 2.05) is 0 Å². The van der Waals surface area contributed by atoms with Crippen LogP contribution >= 0.6 is 0 Å². The molecule has 0 radical (unpaired) electrons. The Hall–Kier alpha value is -0.0800. The molecule has 1 aliphatic heterocycles. The van der Waals surface area contributed by atoms with Crippen LogP contribution in [-0.4, -0.2) is 35.2 Å². The summed E-state index contributed by atoms with van der Waals surface area (Å²) in [7, 11) is 2.13. The summed E-state index contributed by atoms with van der Waals surface area (Å²) in [4.78, 5) is 2.33. The van der Waals surface area contributed by atoms with Crippen LogP contribution in [0, 0.1) is 0 Å². The molecule has 1 N–H and O–H groups in total. The Balaban J connectivity index is 2.01. The summed E-state index contributed by atoms with van der Waals surface area (Å²) in [5.74, 6) is 0. The monoisotopic (exact) mass is 141 g/mol. The third-order valence-corrected chi connectivity index (χ3v) is 3.06. The second-order valence-electron chi connectivity index (χ2n) is 3.80. The van der Waals surface area contributed by atoms with Gasteiger partial charge in [0.2, 0.25) is 0 Å². The third kappa shape index (κ3) is 0.867. The Morgan fingerprint density at radius 1 is 1.40 bits per heavy atom. The highest BCUT2D eigenvalue weighted by molar-refractivity contribution is 5.05. The van der Waals surface area contributed by atoms with Crippen LogP contribution in [0.25, 0.3) is 0 Å². The highest BCUT2D eigenvalue weighted by Crippen LogP contribution is 2.47. The Morgan fingerprint density at radius 2 is 2.10 bits per heavy atom. The van der Waals surface area contributed by atoms with Gasteiger partial charge in [-0.25, -0.2) is 0 Å². The maximum Gasteiger partial charge on any atom is 0.0667 e. The molecule has 1 spiro atoms. The lowest BCUT2D eigenvalue weighted by atomic mass is 9.99. The second kappa shape index (κ2) is 1.95. The summed E-state index contributed by atoms with van der Waals surface area (Å²) in [5, 5.41) is 9.30. The topological polar surface area (TPSA) is 23.5 Å². The van der Waals surface area contributed by atoms with Gasteiger partial charge in [-0.3, -0.25) is 4.90 Å². The van der Waals surface area contributed by atoms with Crippen molar-refractivity contribution in [2.45, 2.75) is 37.3 Å². The van der Waals surface area contributed by atoms with Gasteiger partial charge in [0.25, 0.3) is 0 Å². The van der Waals surface area contributed by atoms with Crippen LogP contribution in [-0.2, 0) is 0 Å². The van der Waals surface area contributed by atoms with Gasteiger partial charge in [-0.1, -0.05) is 0 Å². The van der Waals surface area contributed by atoms with Crippen molar-refractivity contribution in [1.82, 2.24) is 4.90 Å². The van der Waals surface area contributed by atoms with Gasteiger partial charge in [0, 0.05) is 12.1 Å². The summed E-state index contributed by atoms with van der Waals surface area (Å²) in [6.07, 6.45) is 4.89. The minimum atomic E-state index is -0.0591.